The van der Waals surface area contributed by atoms with Gasteiger partial charge in [0.1, 0.15) is 5.82 Å². The molecule has 0 amide bonds. The van der Waals surface area contributed by atoms with E-state index >= 15 is 0 Å². The van der Waals surface area contributed by atoms with E-state index in [2.05, 4.69) is 48.4 Å². The van der Waals surface area contributed by atoms with E-state index in [1.165, 1.54) is 0 Å². The third-order valence-electron chi connectivity index (χ3n) is 4.17. The van der Waals surface area contributed by atoms with Gasteiger partial charge in [0.15, 0.2) is 11.6 Å². The van der Waals surface area contributed by atoms with Crippen LogP contribution in [0.5, 0.6) is 0 Å². The van der Waals surface area contributed by atoms with Crippen molar-refractivity contribution in [3.63, 3.8) is 0 Å². The highest BCUT2D eigenvalue weighted by atomic mass is 16.3. The number of hydrogen-bond acceptors (Lipinski definition) is 4. The van der Waals surface area contributed by atoms with Crippen LogP contribution in [0.15, 0.2) is 77.4 Å². The Labute approximate surface area is 158 Å². The number of allylic oxidation sites excluding steroid dienone is 1. The van der Waals surface area contributed by atoms with Crippen LogP contribution < -0.4 is 5.32 Å². The summed E-state index contributed by atoms with van der Waals surface area (Å²) in [5.74, 6) is 2.48. The maximum atomic E-state index is 5.50. The number of para-hydroxylation sites is 1. The quantitative estimate of drug-likeness (QED) is 0.456. The Morgan fingerprint density at radius 3 is 2.56 bits per heavy atom. The molecule has 0 spiro atoms. The lowest BCUT2D eigenvalue weighted by Gasteiger charge is -2.11. The van der Waals surface area contributed by atoms with E-state index in [-0.39, 0.29) is 0 Å². The molecule has 0 radical (unpaired) electrons. The first-order valence-corrected chi connectivity index (χ1v) is 9.05. The molecule has 0 aliphatic rings. The number of nitrogens with zero attached hydrogens (tertiary/aromatic N) is 2. The standard InChI is InChI=1S/C23H21N3O/c1-16(2)10-11-17-12-13-20-19(15-17)22(24-18-7-4-3-5-8-18)26-23(25-20)21-9-6-14-27-21/h3-16H,1-2H3,(H,24,25,26)/b11-10+. The van der Waals surface area contributed by atoms with Crippen molar-refractivity contribution in [2.24, 2.45) is 5.92 Å². The number of fused-ring (bicyclic) bond motifs is 1. The second-order valence-corrected chi connectivity index (χ2v) is 6.74. The molecule has 4 aromatic rings. The lowest BCUT2D eigenvalue weighted by molar-refractivity contribution is 0.577. The van der Waals surface area contributed by atoms with Crippen molar-refractivity contribution in [3.8, 4) is 11.6 Å². The summed E-state index contributed by atoms with van der Waals surface area (Å²) in [6.45, 7) is 4.33. The minimum atomic E-state index is 0.500. The van der Waals surface area contributed by atoms with Crippen molar-refractivity contribution < 1.29 is 4.42 Å². The Balaban J connectivity index is 1.84. The molecular weight excluding hydrogens is 334 g/mol. The number of aromatic nitrogens is 2. The topological polar surface area (TPSA) is 51.0 Å². The number of nitrogens with one attached hydrogen (secondary N) is 1. The van der Waals surface area contributed by atoms with E-state index < -0.39 is 0 Å². The van der Waals surface area contributed by atoms with Crippen LogP contribution in [-0.4, -0.2) is 9.97 Å². The summed E-state index contributed by atoms with van der Waals surface area (Å²) in [6, 6.07) is 19.9. The molecule has 1 N–H and O–H groups in total. The molecule has 0 atom stereocenters. The average molecular weight is 355 g/mol. The second kappa shape index (κ2) is 7.46. The van der Waals surface area contributed by atoms with Gasteiger partial charge in [-0.2, -0.15) is 0 Å². The number of anilines is 2. The summed E-state index contributed by atoms with van der Waals surface area (Å²) in [6.07, 6.45) is 5.95. The van der Waals surface area contributed by atoms with Crippen molar-refractivity contribution in [3.05, 3.63) is 78.6 Å². The summed E-state index contributed by atoms with van der Waals surface area (Å²) in [5, 5.41) is 4.40. The van der Waals surface area contributed by atoms with Gasteiger partial charge in [-0.25, -0.2) is 9.97 Å². The smallest absolute Gasteiger partial charge is 0.198 e. The van der Waals surface area contributed by atoms with E-state index in [0.29, 0.717) is 17.5 Å². The predicted molar refractivity (Wildman–Crippen MR) is 111 cm³/mol. The van der Waals surface area contributed by atoms with Crippen LogP contribution in [0, 0.1) is 5.92 Å². The highest BCUT2D eigenvalue weighted by molar-refractivity contribution is 5.93. The summed E-state index contributed by atoms with van der Waals surface area (Å²) < 4.78 is 5.50. The Bertz CT molecular complexity index is 1070. The zero-order valence-corrected chi connectivity index (χ0v) is 15.4. The summed E-state index contributed by atoms with van der Waals surface area (Å²) in [7, 11) is 0. The van der Waals surface area contributed by atoms with Crippen molar-refractivity contribution >= 4 is 28.5 Å². The zero-order chi connectivity index (χ0) is 18.6. The summed E-state index contributed by atoms with van der Waals surface area (Å²) in [5.41, 5.74) is 2.98. The van der Waals surface area contributed by atoms with E-state index in [0.717, 1.165) is 28.0 Å². The molecular formula is C23H21N3O. The third-order valence-corrected chi connectivity index (χ3v) is 4.17. The lowest BCUT2D eigenvalue weighted by atomic mass is 10.1. The van der Waals surface area contributed by atoms with Crippen molar-refractivity contribution in [2.75, 3.05) is 5.32 Å². The predicted octanol–water partition coefficient (Wildman–Crippen LogP) is 6.30. The number of hydrogen-bond donors (Lipinski definition) is 1. The van der Waals surface area contributed by atoms with Gasteiger partial charge in [-0.05, 0) is 47.9 Å². The van der Waals surface area contributed by atoms with Crippen molar-refractivity contribution in [2.45, 2.75) is 13.8 Å². The molecule has 4 nitrogen and oxygen atoms in total. The molecule has 0 aliphatic carbocycles. The summed E-state index contributed by atoms with van der Waals surface area (Å²) >= 11 is 0. The van der Waals surface area contributed by atoms with Crippen LogP contribution in [0.2, 0.25) is 0 Å². The van der Waals surface area contributed by atoms with Gasteiger partial charge in [-0.15, -0.1) is 0 Å². The molecule has 0 bridgehead atoms. The summed E-state index contributed by atoms with van der Waals surface area (Å²) in [4.78, 5) is 9.42. The molecule has 0 fully saturated rings. The first kappa shape index (κ1) is 17.0. The van der Waals surface area contributed by atoms with Gasteiger partial charge in [0, 0.05) is 11.1 Å². The van der Waals surface area contributed by atoms with Crippen LogP contribution >= 0.6 is 0 Å². The molecule has 2 aromatic heterocycles. The normalized spacial score (nSPS) is 11.5. The molecule has 0 saturated carbocycles. The van der Waals surface area contributed by atoms with Gasteiger partial charge in [0.05, 0.1) is 11.8 Å². The molecule has 2 heterocycles. The Morgan fingerprint density at radius 2 is 1.81 bits per heavy atom. The van der Waals surface area contributed by atoms with E-state index in [9.17, 15) is 0 Å². The van der Waals surface area contributed by atoms with Crippen LogP contribution in [0.25, 0.3) is 28.6 Å². The van der Waals surface area contributed by atoms with Gasteiger partial charge in [-0.3, -0.25) is 0 Å². The van der Waals surface area contributed by atoms with Crippen LogP contribution in [0.1, 0.15) is 19.4 Å². The SMILES string of the molecule is CC(C)/C=C/c1ccc2nc(-c3ccco3)nc(Nc3ccccc3)c2c1. The third kappa shape index (κ3) is 3.90. The largest absolute Gasteiger partial charge is 0.461 e. The Hall–Kier alpha value is -3.40. The number of rotatable bonds is 5. The second-order valence-electron chi connectivity index (χ2n) is 6.74. The fourth-order valence-electron chi connectivity index (χ4n) is 2.82. The van der Waals surface area contributed by atoms with E-state index in [4.69, 9.17) is 9.40 Å². The lowest BCUT2D eigenvalue weighted by Crippen LogP contribution is -1.99. The van der Waals surface area contributed by atoms with Gasteiger partial charge in [-0.1, -0.05) is 50.3 Å². The zero-order valence-electron chi connectivity index (χ0n) is 15.4. The Kier molecular flexibility index (Phi) is 4.71. The highest BCUT2D eigenvalue weighted by Gasteiger charge is 2.12. The first-order valence-electron chi connectivity index (χ1n) is 9.05. The number of benzene rings is 2. The van der Waals surface area contributed by atoms with Crippen LogP contribution in [0.3, 0.4) is 0 Å². The first-order chi connectivity index (χ1) is 13.2. The average Bonchev–Trinajstić information content (AvgIpc) is 3.22. The maximum absolute atomic E-state index is 5.50. The van der Waals surface area contributed by atoms with Gasteiger partial charge >= 0.3 is 0 Å². The highest BCUT2D eigenvalue weighted by Crippen LogP contribution is 2.28. The molecule has 4 heteroatoms. The molecule has 0 saturated heterocycles. The molecule has 4 rings (SSSR count). The van der Waals surface area contributed by atoms with E-state index in [1.54, 1.807) is 6.26 Å². The van der Waals surface area contributed by atoms with Crippen molar-refractivity contribution in [1.82, 2.24) is 9.97 Å². The minimum absolute atomic E-state index is 0.500. The molecule has 0 aliphatic heterocycles. The fraction of sp³-hybridized carbons (Fsp3) is 0.130. The van der Waals surface area contributed by atoms with Crippen molar-refractivity contribution in [1.29, 1.82) is 0 Å². The molecule has 0 unspecified atom stereocenters. The maximum Gasteiger partial charge on any atom is 0.198 e. The van der Waals surface area contributed by atoms with E-state index in [1.807, 2.05) is 48.5 Å². The van der Waals surface area contributed by atoms with Gasteiger partial charge in [0.2, 0.25) is 0 Å². The van der Waals surface area contributed by atoms with Crippen LogP contribution in [0.4, 0.5) is 11.5 Å². The van der Waals surface area contributed by atoms with Gasteiger partial charge < -0.3 is 9.73 Å². The Morgan fingerprint density at radius 1 is 0.963 bits per heavy atom. The number of furan rings is 1. The van der Waals surface area contributed by atoms with Crippen LogP contribution in [-0.2, 0) is 0 Å². The minimum Gasteiger partial charge on any atom is -0.461 e. The molecule has 27 heavy (non-hydrogen) atoms. The van der Waals surface area contributed by atoms with Gasteiger partial charge in [0.25, 0.3) is 0 Å². The molecule has 134 valence electrons. The fourth-order valence-corrected chi connectivity index (χ4v) is 2.82. The monoisotopic (exact) mass is 355 g/mol. The molecule has 2 aromatic carbocycles.